The highest BCUT2D eigenvalue weighted by atomic mass is 15.0. The first kappa shape index (κ1) is 46.7. The Hall–Kier alpha value is -8.79. The van der Waals surface area contributed by atoms with E-state index in [9.17, 15) is 0 Å². The van der Waals surface area contributed by atoms with Crippen molar-refractivity contribution in [3.63, 3.8) is 0 Å². The molecule has 13 aromatic rings. The Labute approximate surface area is 451 Å². The van der Waals surface area contributed by atoms with Gasteiger partial charge < -0.3 is 9.13 Å². The van der Waals surface area contributed by atoms with Gasteiger partial charge >= 0.3 is 0 Å². The van der Waals surface area contributed by atoms with E-state index in [1.807, 2.05) is 0 Å². The van der Waals surface area contributed by atoms with Gasteiger partial charge in [-0.15, -0.1) is 0 Å². The average Bonchev–Trinajstić information content (AvgIpc) is 4.21. The fourth-order valence-corrected chi connectivity index (χ4v) is 13.2. The van der Waals surface area contributed by atoms with Crippen molar-refractivity contribution < 1.29 is 0 Å². The first-order valence-electron chi connectivity index (χ1n) is 27.9. The maximum Gasteiger partial charge on any atom is 0.0778 e. The molecule has 0 bridgehead atoms. The topological polar surface area (TPSA) is 22.2 Å². The summed E-state index contributed by atoms with van der Waals surface area (Å²) in [6.07, 6.45) is 2.77. The van der Waals surface area contributed by atoms with Crippen LogP contribution < -0.4 is 0 Å². The Morgan fingerprint density at radius 1 is 0.455 bits per heavy atom. The molecule has 77 heavy (non-hydrogen) atoms. The lowest BCUT2D eigenvalue weighted by Gasteiger charge is -2.30. The molecule has 0 spiro atoms. The zero-order chi connectivity index (χ0) is 51.7. The van der Waals surface area contributed by atoms with Crippen molar-refractivity contribution in [2.75, 3.05) is 0 Å². The van der Waals surface area contributed by atoms with Crippen LogP contribution in [0.2, 0.25) is 0 Å². The van der Waals surface area contributed by atoms with Crippen LogP contribution >= 0.6 is 0 Å². The molecule has 14 rings (SSSR count). The first-order chi connectivity index (χ1) is 37.9. The average molecular weight is 992 g/mol. The van der Waals surface area contributed by atoms with E-state index >= 15 is 0 Å². The van der Waals surface area contributed by atoms with Gasteiger partial charge in [-0.3, -0.25) is 4.99 Å². The van der Waals surface area contributed by atoms with Crippen LogP contribution in [-0.4, -0.2) is 14.8 Å². The van der Waals surface area contributed by atoms with Crippen LogP contribution in [0.4, 0.5) is 0 Å². The van der Waals surface area contributed by atoms with E-state index in [2.05, 4.69) is 273 Å². The summed E-state index contributed by atoms with van der Waals surface area (Å²) < 4.78 is 5.10. The fourth-order valence-electron chi connectivity index (χ4n) is 13.2. The Morgan fingerprint density at radius 3 is 1.74 bits per heavy atom. The normalized spacial score (nSPS) is 14.2. The Morgan fingerprint density at radius 2 is 1.04 bits per heavy atom. The smallest absolute Gasteiger partial charge is 0.0778 e. The standard InChI is InChI=1S/C74H61N3/c1-5-47(3)72(51-38-36-50(37-39-51)49-22-9-7-10-23-49)75-73(63-33-21-32-62-60-30-17-19-34-68(60)76(74(62)63)58-28-11-8-12-29-58)59(6-2)48(4)56-43-65-64-41-53-25-14-13-24-52(53)40-57(64)44-67(65)71(46-56)77-69-35-20-18-31-61(69)66-42-54-26-15-16-27-55(54)45-70(66)77/h7-43,45-48,59,72H,5-6,44H2,1-4H3. The zero-order valence-electron chi connectivity index (χ0n) is 44.3. The SMILES string of the molecule is CCC(C)C(N=C(c1cccc2c3ccccc3n(-c3ccccc3)c12)C(CC)C(C)c1cc2c(c(-n3c4ccccc4c4cc5ccccc5cc43)c1)Cc1cc3ccccc3cc1-2)c1ccc(-c2ccccc2)cc1. The second kappa shape index (κ2) is 19.1. The third-order valence-corrected chi connectivity index (χ3v) is 17.4. The maximum atomic E-state index is 6.29. The van der Waals surface area contributed by atoms with Gasteiger partial charge in [-0.05, 0) is 133 Å². The van der Waals surface area contributed by atoms with E-state index in [1.165, 1.54) is 127 Å². The van der Waals surface area contributed by atoms with Gasteiger partial charge in [0.05, 0.1) is 33.8 Å². The van der Waals surface area contributed by atoms with Gasteiger partial charge in [-0.25, -0.2) is 0 Å². The molecular weight excluding hydrogens is 931 g/mol. The lowest BCUT2D eigenvalue weighted by Crippen LogP contribution is -2.24. The summed E-state index contributed by atoms with van der Waals surface area (Å²) in [6, 6.07) is 88.4. The van der Waals surface area contributed by atoms with Crippen LogP contribution in [0, 0.1) is 11.8 Å². The maximum absolute atomic E-state index is 6.29. The van der Waals surface area contributed by atoms with Gasteiger partial charge in [-0.2, -0.15) is 0 Å². The molecule has 0 saturated carbocycles. The number of aliphatic imine (C=N–C) groups is 1. The highest BCUT2D eigenvalue weighted by Gasteiger charge is 2.33. The highest BCUT2D eigenvalue weighted by Crippen LogP contribution is 2.48. The molecule has 0 N–H and O–H groups in total. The summed E-state index contributed by atoms with van der Waals surface area (Å²) in [5.74, 6) is 0.399. The molecule has 0 radical (unpaired) electrons. The third kappa shape index (κ3) is 7.82. The second-order valence-corrected chi connectivity index (χ2v) is 21.7. The predicted molar refractivity (Wildman–Crippen MR) is 328 cm³/mol. The van der Waals surface area contributed by atoms with Gasteiger partial charge in [0.1, 0.15) is 0 Å². The number of fused-ring (bicyclic) bond motifs is 11. The molecule has 3 nitrogen and oxygen atoms in total. The molecule has 372 valence electrons. The first-order valence-corrected chi connectivity index (χ1v) is 27.9. The minimum absolute atomic E-state index is 0.0449. The number of nitrogens with zero attached hydrogens (tertiary/aromatic N) is 3. The van der Waals surface area contributed by atoms with Crippen molar-refractivity contribution in [1.29, 1.82) is 0 Å². The quantitative estimate of drug-likeness (QED) is 0.109. The minimum atomic E-state index is -0.0750. The number of benzene rings is 11. The van der Waals surface area contributed by atoms with Crippen molar-refractivity contribution in [1.82, 2.24) is 9.13 Å². The van der Waals surface area contributed by atoms with Crippen LogP contribution in [0.15, 0.2) is 242 Å². The van der Waals surface area contributed by atoms with Crippen molar-refractivity contribution in [2.45, 2.75) is 58.9 Å². The lowest BCUT2D eigenvalue weighted by atomic mass is 9.78. The summed E-state index contributed by atoms with van der Waals surface area (Å²) in [6.45, 7) is 9.60. The van der Waals surface area contributed by atoms with Gasteiger partial charge in [0, 0.05) is 50.8 Å². The van der Waals surface area contributed by atoms with E-state index in [4.69, 9.17) is 4.99 Å². The number of rotatable bonds is 12. The van der Waals surface area contributed by atoms with Gasteiger partial charge in [0.2, 0.25) is 0 Å². The van der Waals surface area contributed by atoms with E-state index in [0.29, 0.717) is 0 Å². The Kier molecular flexibility index (Phi) is 11.6. The van der Waals surface area contributed by atoms with E-state index < -0.39 is 0 Å². The summed E-state index contributed by atoms with van der Waals surface area (Å²) in [4.78, 5) is 6.29. The summed E-state index contributed by atoms with van der Waals surface area (Å²) >= 11 is 0. The van der Waals surface area contributed by atoms with Crippen molar-refractivity contribution in [2.24, 2.45) is 16.8 Å². The molecule has 0 saturated heterocycles. The summed E-state index contributed by atoms with van der Waals surface area (Å²) in [5, 5.41) is 10.1. The van der Waals surface area contributed by atoms with Crippen LogP contribution in [-0.2, 0) is 6.42 Å². The molecule has 1 aliphatic carbocycles. The molecular formula is C74H61N3. The van der Waals surface area contributed by atoms with E-state index in [-0.39, 0.29) is 23.8 Å². The van der Waals surface area contributed by atoms with Gasteiger partial charge in [0.15, 0.2) is 0 Å². The Bertz CT molecular complexity index is 4420. The Balaban J connectivity index is 1.03. The molecule has 1 aliphatic rings. The molecule has 11 aromatic carbocycles. The molecule has 3 heteroatoms. The number of aromatic nitrogens is 2. The number of hydrogen-bond donors (Lipinski definition) is 0. The fraction of sp³-hybridized carbons (Fsp3) is 0.149. The second-order valence-electron chi connectivity index (χ2n) is 21.7. The predicted octanol–water partition coefficient (Wildman–Crippen LogP) is 19.8. The van der Waals surface area contributed by atoms with Crippen LogP contribution in [0.25, 0.3) is 98.8 Å². The van der Waals surface area contributed by atoms with E-state index in [0.717, 1.165) is 24.9 Å². The minimum Gasteiger partial charge on any atom is -0.309 e. The van der Waals surface area contributed by atoms with Gasteiger partial charge in [-0.1, -0.05) is 222 Å². The van der Waals surface area contributed by atoms with Crippen LogP contribution in [0.3, 0.4) is 0 Å². The van der Waals surface area contributed by atoms with Crippen LogP contribution in [0.1, 0.15) is 80.3 Å². The highest BCUT2D eigenvalue weighted by molar-refractivity contribution is 6.19. The molecule has 2 aromatic heterocycles. The third-order valence-electron chi connectivity index (χ3n) is 17.4. The van der Waals surface area contributed by atoms with Crippen molar-refractivity contribution >= 4 is 70.9 Å². The number of para-hydroxylation sites is 4. The van der Waals surface area contributed by atoms with E-state index in [1.54, 1.807) is 0 Å². The molecule has 2 heterocycles. The largest absolute Gasteiger partial charge is 0.309 e. The zero-order valence-corrected chi connectivity index (χ0v) is 44.3. The van der Waals surface area contributed by atoms with Crippen molar-refractivity contribution in [3.05, 3.63) is 264 Å². The van der Waals surface area contributed by atoms with Crippen molar-refractivity contribution in [3.8, 4) is 33.6 Å². The van der Waals surface area contributed by atoms with Crippen LogP contribution in [0.5, 0.6) is 0 Å². The summed E-state index contributed by atoms with van der Waals surface area (Å²) in [7, 11) is 0. The monoisotopic (exact) mass is 991 g/mol. The molecule has 0 amide bonds. The summed E-state index contributed by atoms with van der Waals surface area (Å²) in [5.41, 5.74) is 20.1. The van der Waals surface area contributed by atoms with Gasteiger partial charge in [0.25, 0.3) is 0 Å². The molecule has 4 atom stereocenters. The molecule has 0 fully saturated rings. The number of hydrogen-bond acceptors (Lipinski definition) is 1. The lowest BCUT2D eigenvalue weighted by molar-refractivity contribution is 0.453. The molecule has 0 aliphatic heterocycles. The molecule has 4 unspecified atom stereocenters.